The fraction of sp³-hybridized carbons (Fsp3) is 0.118. The van der Waals surface area contributed by atoms with Gasteiger partial charge in [-0.2, -0.15) is 5.10 Å². The van der Waals surface area contributed by atoms with Gasteiger partial charge in [0.25, 0.3) is 11.8 Å². The van der Waals surface area contributed by atoms with Crippen LogP contribution < -0.4 is 10.6 Å². The molecule has 0 atom stereocenters. The topological polar surface area (TPSA) is 113 Å². The van der Waals surface area contributed by atoms with Gasteiger partial charge in [-0.1, -0.05) is 11.6 Å². The van der Waals surface area contributed by atoms with E-state index in [1.165, 1.54) is 6.07 Å². The number of aryl methyl sites for hydroxylation is 1. The predicted molar refractivity (Wildman–Crippen MR) is 95.8 cm³/mol. The smallest absolute Gasteiger partial charge is 0.269 e. The molecule has 0 saturated carbocycles. The quantitative estimate of drug-likeness (QED) is 0.564. The molecular formula is C17H13ClF2N6O2. The van der Waals surface area contributed by atoms with Crippen molar-refractivity contribution >= 4 is 29.2 Å². The van der Waals surface area contributed by atoms with Crippen LogP contribution in [-0.2, 0) is 6.54 Å². The van der Waals surface area contributed by atoms with Gasteiger partial charge < -0.3 is 10.6 Å². The second-order valence-corrected chi connectivity index (χ2v) is 6.11. The van der Waals surface area contributed by atoms with Crippen molar-refractivity contribution in [1.82, 2.24) is 25.5 Å². The number of rotatable bonds is 5. The summed E-state index contributed by atoms with van der Waals surface area (Å²) in [5.41, 5.74) is 1.13. The predicted octanol–water partition coefficient (Wildman–Crippen LogP) is 2.62. The molecule has 0 spiro atoms. The number of halogens is 3. The Labute approximate surface area is 162 Å². The van der Waals surface area contributed by atoms with Crippen LogP contribution >= 0.6 is 11.6 Å². The van der Waals surface area contributed by atoms with E-state index in [1.807, 2.05) is 0 Å². The maximum absolute atomic E-state index is 13.3. The number of benzene rings is 1. The van der Waals surface area contributed by atoms with E-state index >= 15 is 0 Å². The van der Waals surface area contributed by atoms with Crippen molar-refractivity contribution in [2.24, 2.45) is 0 Å². The van der Waals surface area contributed by atoms with E-state index in [2.05, 4.69) is 30.8 Å². The van der Waals surface area contributed by atoms with Crippen molar-refractivity contribution in [2.75, 3.05) is 5.32 Å². The summed E-state index contributed by atoms with van der Waals surface area (Å²) in [7, 11) is 0. The molecular weight excluding hydrogens is 394 g/mol. The van der Waals surface area contributed by atoms with Crippen LogP contribution in [0.1, 0.15) is 32.2 Å². The maximum atomic E-state index is 13.3. The van der Waals surface area contributed by atoms with Gasteiger partial charge in [-0.3, -0.25) is 24.7 Å². The molecule has 3 aromatic rings. The largest absolute Gasteiger partial charge is 0.345 e. The lowest BCUT2D eigenvalue weighted by molar-refractivity contribution is 0.0944. The highest BCUT2D eigenvalue weighted by atomic mass is 35.5. The molecule has 0 bridgehead atoms. The average Bonchev–Trinajstić information content (AvgIpc) is 3.12. The molecule has 0 aliphatic rings. The molecule has 3 N–H and O–H groups in total. The van der Waals surface area contributed by atoms with Gasteiger partial charge >= 0.3 is 0 Å². The van der Waals surface area contributed by atoms with Gasteiger partial charge in [-0.15, -0.1) is 0 Å². The standard InChI is InChI=1S/C17H13ClF2N6O2/c1-8-5-22-9(6-21-8)7-23-17(28)14-4-15(26-25-14)24-16(27)10-2-12(19)13(20)3-11(10)18/h2-6H,7H2,1H3,(H,23,28)(H2,24,25,26,27). The minimum absolute atomic E-state index is 0.00563. The highest BCUT2D eigenvalue weighted by Gasteiger charge is 2.17. The van der Waals surface area contributed by atoms with E-state index in [-0.39, 0.29) is 28.6 Å². The molecule has 0 aliphatic carbocycles. The van der Waals surface area contributed by atoms with Crippen molar-refractivity contribution in [1.29, 1.82) is 0 Å². The van der Waals surface area contributed by atoms with Crippen molar-refractivity contribution in [2.45, 2.75) is 13.5 Å². The van der Waals surface area contributed by atoms with E-state index in [4.69, 9.17) is 11.6 Å². The molecule has 0 unspecified atom stereocenters. The molecule has 28 heavy (non-hydrogen) atoms. The minimum Gasteiger partial charge on any atom is -0.345 e. The molecule has 8 nitrogen and oxygen atoms in total. The first-order valence-corrected chi connectivity index (χ1v) is 8.28. The van der Waals surface area contributed by atoms with Gasteiger partial charge in [-0.05, 0) is 19.1 Å². The third-order valence-corrected chi connectivity index (χ3v) is 3.90. The lowest BCUT2D eigenvalue weighted by atomic mass is 10.2. The van der Waals surface area contributed by atoms with E-state index < -0.39 is 23.4 Å². The summed E-state index contributed by atoms with van der Waals surface area (Å²) in [4.78, 5) is 32.5. The molecule has 0 radical (unpaired) electrons. The number of nitrogens with zero attached hydrogens (tertiary/aromatic N) is 3. The number of aromatic nitrogens is 4. The first-order valence-electron chi connectivity index (χ1n) is 7.90. The molecule has 2 heterocycles. The lowest BCUT2D eigenvalue weighted by Gasteiger charge is -2.05. The Kier molecular flexibility index (Phi) is 5.59. The number of carbonyl (C=O) groups excluding carboxylic acids is 2. The Morgan fingerprint density at radius 2 is 1.86 bits per heavy atom. The van der Waals surface area contributed by atoms with Crippen LogP contribution in [0, 0.1) is 18.6 Å². The Hall–Kier alpha value is -3.40. The van der Waals surface area contributed by atoms with Crippen molar-refractivity contribution < 1.29 is 18.4 Å². The number of amides is 2. The Morgan fingerprint density at radius 3 is 2.57 bits per heavy atom. The first kappa shape index (κ1) is 19.4. The maximum Gasteiger partial charge on any atom is 0.269 e. The van der Waals surface area contributed by atoms with Crippen LogP contribution in [-0.4, -0.2) is 32.0 Å². The van der Waals surface area contributed by atoms with Gasteiger partial charge in [0, 0.05) is 12.3 Å². The molecule has 0 saturated heterocycles. The van der Waals surface area contributed by atoms with Crippen LogP contribution in [0.5, 0.6) is 0 Å². The van der Waals surface area contributed by atoms with E-state index in [0.717, 1.165) is 5.69 Å². The van der Waals surface area contributed by atoms with Crippen LogP contribution in [0.2, 0.25) is 5.02 Å². The first-order chi connectivity index (χ1) is 13.3. The monoisotopic (exact) mass is 406 g/mol. The van der Waals surface area contributed by atoms with E-state index in [0.29, 0.717) is 17.8 Å². The van der Waals surface area contributed by atoms with Crippen LogP contribution in [0.25, 0.3) is 0 Å². The second kappa shape index (κ2) is 8.09. The molecule has 2 amide bonds. The molecule has 11 heteroatoms. The summed E-state index contributed by atoms with van der Waals surface area (Å²) < 4.78 is 26.4. The average molecular weight is 407 g/mol. The highest BCUT2D eigenvalue weighted by molar-refractivity contribution is 6.34. The van der Waals surface area contributed by atoms with Gasteiger partial charge in [0.1, 0.15) is 5.69 Å². The third kappa shape index (κ3) is 4.46. The number of H-pyrrole nitrogens is 1. The number of carbonyl (C=O) groups is 2. The van der Waals surface area contributed by atoms with Crippen LogP contribution in [0.15, 0.2) is 30.6 Å². The molecule has 0 fully saturated rings. The lowest BCUT2D eigenvalue weighted by Crippen LogP contribution is -2.23. The molecule has 1 aromatic carbocycles. The Morgan fingerprint density at radius 1 is 1.11 bits per heavy atom. The van der Waals surface area contributed by atoms with E-state index in [9.17, 15) is 18.4 Å². The highest BCUT2D eigenvalue weighted by Crippen LogP contribution is 2.21. The summed E-state index contributed by atoms with van der Waals surface area (Å²) in [6.45, 7) is 1.95. The van der Waals surface area contributed by atoms with Gasteiger partial charge in [0.15, 0.2) is 17.5 Å². The minimum atomic E-state index is -1.21. The zero-order chi connectivity index (χ0) is 20.3. The van der Waals surface area contributed by atoms with Crippen LogP contribution in [0.4, 0.5) is 14.6 Å². The Bertz CT molecular complexity index is 1040. The molecule has 3 rings (SSSR count). The van der Waals surface area contributed by atoms with Gasteiger partial charge in [-0.25, -0.2) is 8.78 Å². The summed E-state index contributed by atoms with van der Waals surface area (Å²) in [6, 6.07) is 2.65. The fourth-order valence-corrected chi connectivity index (χ4v) is 2.40. The summed E-state index contributed by atoms with van der Waals surface area (Å²) >= 11 is 5.76. The fourth-order valence-electron chi connectivity index (χ4n) is 2.16. The summed E-state index contributed by atoms with van der Waals surface area (Å²) in [6.07, 6.45) is 3.12. The van der Waals surface area contributed by atoms with E-state index in [1.54, 1.807) is 19.3 Å². The van der Waals surface area contributed by atoms with Crippen molar-refractivity contribution in [3.8, 4) is 0 Å². The van der Waals surface area contributed by atoms with Crippen molar-refractivity contribution in [3.63, 3.8) is 0 Å². The molecule has 144 valence electrons. The summed E-state index contributed by atoms with van der Waals surface area (Å²) in [5, 5.41) is 10.9. The zero-order valence-electron chi connectivity index (χ0n) is 14.4. The van der Waals surface area contributed by atoms with Gasteiger partial charge in [0.2, 0.25) is 0 Å². The second-order valence-electron chi connectivity index (χ2n) is 5.70. The van der Waals surface area contributed by atoms with Crippen LogP contribution in [0.3, 0.4) is 0 Å². The number of hydrogen-bond acceptors (Lipinski definition) is 5. The Balaban J connectivity index is 1.63. The SMILES string of the molecule is Cc1cnc(CNC(=O)c2cc(NC(=O)c3cc(F)c(F)cc3Cl)n[nH]2)cn1. The number of anilines is 1. The molecule has 2 aromatic heterocycles. The van der Waals surface area contributed by atoms with Gasteiger partial charge in [0.05, 0.1) is 34.7 Å². The van der Waals surface area contributed by atoms with Crippen molar-refractivity contribution in [3.05, 3.63) is 69.9 Å². The molecule has 0 aliphatic heterocycles. The summed E-state index contributed by atoms with van der Waals surface area (Å²) in [5.74, 6) is -3.67. The number of aromatic amines is 1. The number of nitrogens with one attached hydrogen (secondary N) is 3. The normalized spacial score (nSPS) is 10.6. The number of hydrogen-bond donors (Lipinski definition) is 3. The zero-order valence-corrected chi connectivity index (χ0v) is 15.1. The third-order valence-electron chi connectivity index (χ3n) is 3.58.